The lowest BCUT2D eigenvalue weighted by molar-refractivity contribution is 0.513. The van der Waals surface area contributed by atoms with Crippen molar-refractivity contribution >= 4 is 5.82 Å². The zero-order valence-corrected chi connectivity index (χ0v) is 8.06. The van der Waals surface area contributed by atoms with Gasteiger partial charge in [-0.2, -0.15) is 5.10 Å². The monoisotopic (exact) mass is 193 g/mol. The van der Waals surface area contributed by atoms with Crippen LogP contribution in [0.1, 0.15) is 12.8 Å². The molecule has 6 nitrogen and oxygen atoms in total. The first kappa shape index (κ1) is 8.74. The quantitative estimate of drug-likeness (QED) is 0.755. The number of nitrogens with zero attached hydrogens (tertiary/aromatic N) is 4. The molecule has 0 spiro atoms. The van der Waals surface area contributed by atoms with E-state index in [1.807, 2.05) is 6.92 Å². The summed E-state index contributed by atoms with van der Waals surface area (Å²) in [4.78, 5) is 0. The molecular formula is C8H11N5O. The number of nitrogens with two attached hydrogens (primary N) is 1. The average molecular weight is 193 g/mol. The molecule has 0 atom stereocenters. The van der Waals surface area contributed by atoms with Crippen molar-refractivity contribution in [3.63, 3.8) is 0 Å². The molecule has 0 saturated carbocycles. The largest absolute Gasteiger partial charge is 0.421 e. The van der Waals surface area contributed by atoms with E-state index in [9.17, 15) is 0 Å². The first-order chi connectivity index (χ1) is 6.72. The highest BCUT2D eigenvalue weighted by atomic mass is 16.4. The highest BCUT2D eigenvalue weighted by molar-refractivity contribution is 5.66. The summed E-state index contributed by atoms with van der Waals surface area (Å²) in [7, 11) is 1.76. The lowest BCUT2D eigenvalue weighted by atomic mass is 10.3. The Morgan fingerprint density at radius 2 is 2.29 bits per heavy atom. The molecule has 2 rings (SSSR count). The number of hydrogen-bond donors (Lipinski definition) is 1. The average Bonchev–Trinajstić information content (AvgIpc) is 2.75. The molecule has 6 heteroatoms. The number of hydrogen-bond acceptors (Lipinski definition) is 5. The van der Waals surface area contributed by atoms with Gasteiger partial charge in [-0.05, 0) is 0 Å². The van der Waals surface area contributed by atoms with Crippen LogP contribution in [0.25, 0.3) is 11.5 Å². The van der Waals surface area contributed by atoms with Crippen molar-refractivity contribution in [1.82, 2.24) is 20.0 Å². The van der Waals surface area contributed by atoms with Gasteiger partial charge in [0.05, 0.1) is 6.20 Å². The number of rotatable bonds is 2. The van der Waals surface area contributed by atoms with Gasteiger partial charge >= 0.3 is 0 Å². The maximum atomic E-state index is 5.76. The summed E-state index contributed by atoms with van der Waals surface area (Å²) in [6.45, 7) is 1.95. The summed E-state index contributed by atoms with van der Waals surface area (Å²) >= 11 is 0. The molecule has 0 aromatic carbocycles. The number of nitrogen functional groups attached to an aromatic ring is 1. The molecule has 0 radical (unpaired) electrons. The summed E-state index contributed by atoms with van der Waals surface area (Å²) in [5, 5.41) is 11.7. The highest BCUT2D eigenvalue weighted by Gasteiger charge is 2.13. The van der Waals surface area contributed by atoms with Crippen LogP contribution in [0, 0.1) is 0 Å². The molecule has 2 heterocycles. The molecular weight excluding hydrogens is 182 g/mol. The zero-order chi connectivity index (χ0) is 10.1. The van der Waals surface area contributed by atoms with Gasteiger partial charge in [-0.15, -0.1) is 10.2 Å². The highest BCUT2D eigenvalue weighted by Crippen LogP contribution is 2.23. The second-order valence-electron chi connectivity index (χ2n) is 2.92. The minimum Gasteiger partial charge on any atom is -0.421 e. The molecule has 14 heavy (non-hydrogen) atoms. The molecule has 0 saturated heterocycles. The number of anilines is 1. The Morgan fingerprint density at radius 3 is 2.79 bits per heavy atom. The van der Waals surface area contributed by atoms with Crippen molar-refractivity contribution in [2.45, 2.75) is 13.3 Å². The second kappa shape index (κ2) is 3.13. The van der Waals surface area contributed by atoms with E-state index in [4.69, 9.17) is 10.2 Å². The van der Waals surface area contributed by atoms with Gasteiger partial charge in [-0.25, -0.2) is 0 Å². The van der Waals surface area contributed by atoms with E-state index in [1.54, 1.807) is 17.9 Å². The van der Waals surface area contributed by atoms with E-state index < -0.39 is 0 Å². The van der Waals surface area contributed by atoms with Crippen LogP contribution in [0.5, 0.6) is 0 Å². The molecule has 0 aliphatic heterocycles. The lowest BCUT2D eigenvalue weighted by Crippen LogP contribution is -1.98. The maximum Gasteiger partial charge on any atom is 0.253 e. The Kier molecular flexibility index (Phi) is 1.95. The van der Waals surface area contributed by atoms with Crippen LogP contribution in [0.15, 0.2) is 10.6 Å². The minimum absolute atomic E-state index is 0.424. The Bertz CT molecular complexity index is 444. The predicted octanol–water partition coefficient (Wildman–Crippen LogP) is 0.615. The second-order valence-corrected chi connectivity index (χ2v) is 2.92. The molecule has 0 fully saturated rings. The predicted molar refractivity (Wildman–Crippen MR) is 50.3 cm³/mol. The topological polar surface area (TPSA) is 82.8 Å². The Morgan fingerprint density at radius 1 is 1.50 bits per heavy atom. The fourth-order valence-corrected chi connectivity index (χ4v) is 1.12. The van der Waals surface area contributed by atoms with E-state index >= 15 is 0 Å². The summed E-state index contributed by atoms with van der Waals surface area (Å²) < 4.78 is 6.92. The number of aryl methyl sites for hydroxylation is 2. The third-order valence-corrected chi connectivity index (χ3v) is 1.98. The van der Waals surface area contributed by atoms with Crippen LogP contribution in [-0.2, 0) is 13.5 Å². The van der Waals surface area contributed by atoms with Crippen molar-refractivity contribution in [3.8, 4) is 11.5 Å². The minimum atomic E-state index is 0.424. The molecule has 0 amide bonds. The van der Waals surface area contributed by atoms with Crippen LogP contribution in [-0.4, -0.2) is 20.0 Å². The number of aromatic nitrogens is 4. The van der Waals surface area contributed by atoms with Gasteiger partial charge < -0.3 is 10.2 Å². The van der Waals surface area contributed by atoms with Crippen molar-refractivity contribution in [3.05, 3.63) is 12.1 Å². The fraction of sp³-hybridized carbons (Fsp3) is 0.375. The summed E-state index contributed by atoms with van der Waals surface area (Å²) in [6, 6.07) is 0. The van der Waals surface area contributed by atoms with E-state index in [0.29, 0.717) is 29.6 Å². The van der Waals surface area contributed by atoms with Crippen LogP contribution in [0.3, 0.4) is 0 Å². The molecule has 74 valence electrons. The van der Waals surface area contributed by atoms with E-state index in [0.717, 1.165) is 0 Å². The fourth-order valence-electron chi connectivity index (χ4n) is 1.12. The van der Waals surface area contributed by atoms with Crippen LogP contribution in [0.4, 0.5) is 5.82 Å². The zero-order valence-electron chi connectivity index (χ0n) is 8.06. The molecule has 0 aliphatic rings. The SMILES string of the molecule is CCc1nnc(-c2cnn(C)c2N)o1. The van der Waals surface area contributed by atoms with E-state index in [2.05, 4.69) is 15.3 Å². The first-order valence-corrected chi connectivity index (χ1v) is 4.32. The van der Waals surface area contributed by atoms with Gasteiger partial charge in [-0.1, -0.05) is 6.92 Å². The third-order valence-electron chi connectivity index (χ3n) is 1.98. The van der Waals surface area contributed by atoms with E-state index in [1.165, 1.54) is 0 Å². The summed E-state index contributed by atoms with van der Waals surface area (Å²) in [5.41, 5.74) is 6.44. The Hall–Kier alpha value is -1.85. The standard InChI is InChI=1S/C8H11N5O/c1-3-6-11-12-8(14-6)5-4-10-13(2)7(5)9/h4H,3,9H2,1-2H3. The van der Waals surface area contributed by atoms with Gasteiger partial charge in [0.15, 0.2) is 0 Å². The van der Waals surface area contributed by atoms with Crippen LogP contribution in [0.2, 0.25) is 0 Å². The van der Waals surface area contributed by atoms with Crippen molar-refractivity contribution in [2.75, 3.05) is 5.73 Å². The molecule has 0 unspecified atom stereocenters. The summed E-state index contributed by atoms with van der Waals surface area (Å²) in [6.07, 6.45) is 2.33. The lowest BCUT2D eigenvalue weighted by Gasteiger charge is -1.93. The molecule has 2 N–H and O–H groups in total. The van der Waals surface area contributed by atoms with Crippen molar-refractivity contribution < 1.29 is 4.42 Å². The van der Waals surface area contributed by atoms with Gasteiger partial charge in [0.2, 0.25) is 5.89 Å². The van der Waals surface area contributed by atoms with E-state index in [-0.39, 0.29) is 0 Å². The van der Waals surface area contributed by atoms with Gasteiger partial charge in [0.25, 0.3) is 5.89 Å². The Balaban J connectivity index is 2.44. The van der Waals surface area contributed by atoms with Crippen LogP contribution >= 0.6 is 0 Å². The van der Waals surface area contributed by atoms with Crippen molar-refractivity contribution in [2.24, 2.45) is 7.05 Å². The molecule has 2 aromatic rings. The van der Waals surface area contributed by atoms with Gasteiger partial charge in [0.1, 0.15) is 11.4 Å². The summed E-state index contributed by atoms with van der Waals surface area (Å²) in [5.74, 6) is 1.55. The smallest absolute Gasteiger partial charge is 0.253 e. The van der Waals surface area contributed by atoms with Crippen molar-refractivity contribution in [1.29, 1.82) is 0 Å². The third kappa shape index (κ3) is 1.24. The molecule has 0 bridgehead atoms. The molecule has 2 aromatic heterocycles. The van der Waals surface area contributed by atoms with Gasteiger partial charge in [-0.3, -0.25) is 4.68 Å². The maximum absolute atomic E-state index is 5.76. The van der Waals surface area contributed by atoms with Crippen LogP contribution < -0.4 is 5.73 Å². The molecule has 0 aliphatic carbocycles. The first-order valence-electron chi connectivity index (χ1n) is 4.32. The normalized spacial score (nSPS) is 10.7. The Labute approximate surface area is 80.7 Å². The van der Waals surface area contributed by atoms with Gasteiger partial charge in [0, 0.05) is 13.5 Å².